The van der Waals surface area contributed by atoms with Crippen molar-refractivity contribution in [2.75, 3.05) is 26.9 Å². The van der Waals surface area contributed by atoms with Gasteiger partial charge >= 0.3 is 0 Å². The molecule has 1 aromatic rings. The number of rotatable bonds is 8. The zero-order valence-electron chi connectivity index (χ0n) is 11.0. The molecule has 0 saturated heterocycles. The van der Waals surface area contributed by atoms with Crippen molar-refractivity contribution >= 4 is 0 Å². The van der Waals surface area contributed by atoms with E-state index in [9.17, 15) is 0 Å². The molecule has 4 nitrogen and oxygen atoms in total. The summed E-state index contributed by atoms with van der Waals surface area (Å²) in [4.78, 5) is 0. The van der Waals surface area contributed by atoms with Crippen LogP contribution >= 0.6 is 0 Å². The van der Waals surface area contributed by atoms with E-state index in [0.29, 0.717) is 19.8 Å². The molecule has 98 valence electrons. The van der Waals surface area contributed by atoms with E-state index in [1.807, 2.05) is 24.3 Å². The lowest BCUT2D eigenvalue weighted by Gasteiger charge is -2.12. The SMILES string of the molecule is CCCOc1ccc(C(C#N)NCCOC)cc1. The summed E-state index contributed by atoms with van der Waals surface area (Å²) in [5, 5.41) is 12.2. The first-order valence-corrected chi connectivity index (χ1v) is 6.16. The van der Waals surface area contributed by atoms with Crippen LogP contribution in [-0.4, -0.2) is 26.9 Å². The Labute approximate surface area is 109 Å². The average molecular weight is 248 g/mol. The van der Waals surface area contributed by atoms with E-state index in [1.165, 1.54) is 0 Å². The molecule has 0 bridgehead atoms. The molecule has 0 heterocycles. The van der Waals surface area contributed by atoms with E-state index in [-0.39, 0.29) is 6.04 Å². The third-order valence-electron chi connectivity index (χ3n) is 2.47. The zero-order valence-corrected chi connectivity index (χ0v) is 11.0. The maximum atomic E-state index is 9.10. The Kier molecular flexibility index (Phi) is 6.85. The molecule has 1 aromatic carbocycles. The quantitative estimate of drug-likeness (QED) is 0.717. The molecule has 0 radical (unpaired) electrons. The highest BCUT2D eigenvalue weighted by Crippen LogP contribution is 2.17. The molecule has 0 aliphatic rings. The lowest BCUT2D eigenvalue weighted by molar-refractivity contribution is 0.198. The molecule has 4 heteroatoms. The summed E-state index contributed by atoms with van der Waals surface area (Å²) in [6, 6.07) is 9.55. The van der Waals surface area contributed by atoms with Crippen molar-refractivity contribution in [1.82, 2.24) is 5.32 Å². The second-order valence-corrected chi connectivity index (χ2v) is 3.93. The zero-order chi connectivity index (χ0) is 13.2. The summed E-state index contributed by atoms with van der Waals surface area (Å²) in [7, 11) is 1.64. The number of nitrogens with one attached hydrogen (secondary N) is 1. The molecule has 1 rings (SSSR count). The minimum absolute atomic E-state index is 0.305. The van der Waals surface area contributed by atoms with Crippen LogP contribution in [0.4, 0.5) is 0 Å². The number of hydrogen-bond donors (Lipinski definition) is 1. The van der Waals surface area contributed by atoms with Gasteiger partial charge in [-0.15, -0.1) is 0 Å². The fourth-order valence-electron chi connectivity index (χ4n) is 1.52. The van der Waals surface area contributed by atoms with Gasteiger partial charge in [-0.25, -0.2) is 0 Å². The highest BCUT2D eigenvalue weighted by atomic mass is 16.5. The Hall–Kier alpha value is -1.57. The number of ether oxygens (including phenoxy) is 2. The molecule has 0 aliphatic heterocycles. The minimum Gasteiger partial charge on any atom is -0.494 e. The third kappa shape index (κ3) is 4.74. The number of methoxy groups -OCH3 is 1. The smallest absolute Gasteiger partial charge is 0.121 e. The van der Waals surface area contributed by atoms with Gasteiger partial charge in [0.1, 0.15) is 11.8 Å². The number of hydrogen-bond acceptors (Lipinski definition) is 4. The van der Waals surface area contributed by atoms with E-state index in [4.69, 9.17) is 14.7 Å². The number of nitriles is 1. The Morgan fingerprint density at radius 3 is 2.56 bits per heavy atom. The lowest BCUT2D eigenvalue weighted by Crippen LogP contribution is -2.23. The van der Waals surface area contributed by atoms with Crippen molar-refractivity contribution in [2.45, 2.75) is 19.4 Å². The molecule has 0 saturated carbocycles. The first-order valence-electron chi connectivity index (χ1n) is 6.16. The number of benzene rings is 1. The van der Waals surface area contributed by atoms with Crippen LogP contribution in [0, 0.1) is 11.3 Å². The van der Waals surface area contributed by atoms with Crippen molar-refractivity contribution in [2.24, 2.45) is 0 Å². The van der Waals surface area contributed by atoms with Gasteiger partial charge in [0.25, 0.3) is 0 Å². The van der Waals surface area contributed by atoms with E-state index in [2.05, 4.69) is 18.3 Å². The molecule has 1 unspecified atom stereocenters. The van der Waals surface area contributed by atoms with Gasteiger partial charge < -0.3 is 9.47 Å². The van der Waals surface area contributed by atoms with Gasteiger partial charge in [0.15, 0.2) is 0 Å². The Balaban J connectivity index is 2.56. The molecule has 0 amide bonds. The van der Waals surface area contributed by atoms with Crippen molar-refractivity contribution in [3.05, 3.63) is 29.8 Å². The Bertz CT molecular complexity index is 370. The summed E-state index contributed by atoms with van der Waals surface area (Å²) < 4.78 is 10.4. The van der Waals surface area contributed by atoms with Crippen LogP contribution in [-0.2, 0) is 4.74 Å². The van der Waals surface area contributed by atoms with Crippen LogP contribution in [0.25, 0.3) is 0 Å². The van der Waals surface area contributed by atoms with Crippen LogP contribution in [0.3, 0.4) is 0 Å². The van der Waals surface area contributed by atoms with Crippen molar-refractivity contribution in [1.29, 1.82) is 5.26 Å². The van der Waals surface area contributed by atoms with E-state index < -0.39 is 0 Å². The van der Waals surface area contributed by atoms with Gasteiger partial charge in [0.05, 0.1) is 19.3 Å². The van der Waals surface area contributed by atoms with Crippen LogP contribution in [0.5, 0.6) is 5.75 Å². The lowest BCUT2D eigenvalue weighted by atomic mass is 10.1. The molecular formula is C14H20N2O2. The predicted molar refractivity (Wildman–Crippen MR) is 70.5 cm³/mol. The van der Waals surface area contributed by atoms with E-state index in [0.717, 1.165) is 17.7 Å². The maximum absolute atomic E-state index is 9.10. The van der Waals surface area contributed by atoms with Crippen LogP contribution in [0.1, 0.15) is 24.9 Å². The molecule has 0 spiro atoms. The fourth-order valence-corrected chi connectivity index (χ4v) is 1.52. The van der Waals surface area contributed by atoms with Gasteiger partial charge in [0, 0.05) is 13.7 Å². The fraction of sp³-hybridized carbons (Fsp3) is 0.500. The number of nitrogens with zero attached hydrogens (tertiary/aromatic N) is 1. The largest absolute Gasteiger partial charge is 0.494 e. The molecule has 0 aliphatic carbocycles. The molecule has 1 N–H and O–H groups in total. The Morgan fingerprint density at radius 1 is 1.28 bits per heavy atom. The van der Waals surface area contributed by atoms with Crippen molar-refractivity contribution < 1.29 is 9.47 Å². The molecule has 0 fully saturated rings. The maximum Gasteiger partial charge on any atom is 0.121 e. The molecule has 18 heavy (non-hydrogen) atoms. The molecular weight excluding hydrogens is 228 g/mol. The van der Waals surface area contributed by atoms with Gasteiger partial charge in [-0.1, -0.05) is 19.1 Å². The predicted octanol–water partition coefficient (Wildman–Crippen LogP) is 2.28. The normalized spacial score (nSPS) is 11.8. The second-order valence-electron chi connectivity index (χ2n) is 3.93. The van der Waals surface area contributed by atoms with E-state index in [1.54, 1.807) is 7.11 Å². The summed E-state index contributed by atoms with van der Waals surface area (Å²) >= 11 is 0. The van der Waals surface area contributed by atoms with Gasteiger partial charge in [-0.05, 0) is 24.1 Å². The standard InChI is InChI=1S/C14H20N2O2/c1-3-9-18-13-6-4-12(5-7-13)14(11-15)16-8-10-17-2/h4-7,14,16H,3,8-10H2,1-2H3. The monoisotopic (exact) mass is 248 g/mol. The topological polar surface area (TPSA) is 54.3 Å². The van der Waals surface area contributed by atoms with Crippen molar-refractivity contribution in [3.63, 3.8) is 0 Å². The first kappa shape index (κ1) is 14.5. The van der Waals surface area contributed by atoms with Gasteiger partial charge in [0.2, 0.25) is 0 Å². The molecule has 1 atom stereocenters. The van der Waals surface area contributed by atoms with Crippen molar-refractivity contribution in [3.8, 4) is 11.8 Å². The molecule has 0 aromatic heterocycles. The summed E-state index contributed by atoms with van der Waals surface area (Å²) in [5.74, 6) is 0.842. The average Bonchev–Trinajstić information content (AvgIpc) is 2.42. The van der Waals surface area contributed by atoms with E-state index >= 15 is 0 Å². The minimum atomic E-state index is -0.305. The van der Waals surface area contributed by atoms with Gasteiger partial charge in [-0.3, -0.25) is 5.32 Å². The summed E-state index contributed by atoms with van der Waals surface area (Å²) in [6.45, 7) is 4.03. The highest BCUT2D eigenvalue weighted by molar-refractivity contribution is 5.31. The first-order chi connectivity index (χ1) is 8.81. The second kappa shape index (κ2) is 8.51. The highest BCUT2D eigenvalue weighted by Gasteiger charge is 2.09. The summed E-state index contributed by atoms with van der Waals surface area (Å²) in [5.41, 5.74) is 0.942. The van der Waals surface area contributed by atoms with Gasteiger partial charge in [-0.2, -0.15) is 5.26 Å². The summed E-state index contributed by atoms with van der Waals surface area (Å²) in [6.07, 6.45) is 0.987. The van der Waals surface area contributed by atoms with Crippen LogP contribution < -0.4 is 10.1 Å². The van der Waals surface area contributed by atoms with Crippen LogP contribution in [0.2, 0.25) is 0 Å². The van der Waals surface area contributed by atoms with Crippen LogP contribution in [0.15, 0.2) is 24.3 Å². The Morgan fingerprint density at radius 2 is 2.00 bits per heavy atom. The third-order valence-corrected chi connectivity index (χ3v) is 2.47.